The van der Waals surface area contributed by atoms with Gasteiger partial charge in [-0.15, -0.1) is 22.7 Å². The second kappa shape index (κ2) is 6.90. The molecule has 0 amide bonds. The van der Waals surface area contributed by atoms with Gasteiger partial charge in [-0.3, -0.25) is 4.90 Å². The fraction of sp³-hybridized carbons (Fsp3) is 0.438. The molecule has 1 fully saturated rings. The zero-order valence-electron chi connectivity index (χ0n) is 12.8. The highest BCUT2D eigenvalue weighted by molar-refractivity contribution is 7.09. The molecule has 23 heavy (non-hydrogen) atoms. The minimum atomic E-state index is 0.552. The molecule has 0 radical (unpaired) electrons. The highest BCUT2D eigenvalue weighted by atomic mass is 32.1. The van der Waals surface area contributed by atoms with Gasteiger partial charge in [-0.25, -0.2) is 15.0 Å². The summed E-state index contributed by atoms with van der Waals surface area (Å²) in [5.74, 6) is 1.77. The first-order chi connectivity index (χ1) is 11.4. The Morgan fingerprint density at radius 1 is 1.09 bits per heavy atom. The molecule has 0 spiro atoms. The summed E-state index contributed by atoms with van der Waals surface area (Å²) in [6.45, 7) is 4.05. The van der Waals surface area contributed by atoms with Gasteiger partial charge in [0.15, 0.2) is 0 Å². The van der Waals surface area contributed by atoms with Crippen LogP contribution in [0.25, 0.3) is 0 Å². The van der Waals surface area contributed by atoms with Crippen molar-refractivity contribution in [3.05, 3.63) is 51.4 Å². The summed E-state index contributed by atoms with van der Waals surface area (Å²) in [6, 6.07) is 0. The Morgan fingerprint density at radius 3 is 2.74 bits per heavy atom. The Kier molecular flexibility index (Phi) is 4.50. The van der Waals surface area contributed by atoms with Crippen LogP contribution >= 0.6 is 22.7 Å². The zero-order valence-corrected chi connectivity index (χ0v) is 14.5. The Hall–Kier alpha value is -1.57. The molecule has 0 aromatic carbocycles. The standard InChI is InChI=1S/C16H19N5S2/c1-5-20(10-15-17-4-8-23-15)6-2-13(1)16-18-3-7-21(16)9-14-11-22-12-19-14/h3-4,7-8,11-13H,1-2,5-6,9-10H2. The molecule has 4 rings (SSSR count). The maximum atomic E-state index is 4.63. The van der Waals surface area contributed by atoms with Crippen molar-refractivity contribution in [1.29, 1.82) is 0 Å². The van der Waals surface area contributed by atoms with Crippen molar-refractivity contribution in [3.8, 4) is 0 Å². The Bertz CT molecular complexity index is 712. The van der Waals surface area contributed by atoms with Gasteiger partial charge < -0.3 is 4.57 Å². The lowest BCUT2D eigenvalue weighted by molar-refractivity contribution is 0.200. The predicted molar refractivity (Wildman–Crippen MR) is 92.8 cm³/mol. The third-order valence-electron chi connectivity index (χ3n) is 4.36. The van der Waals surface area contributed by atoms with E-state index in [0.717, 1.165) is 31.9 Å². The van der Waals surface area contributed by atoms with Crippen molar-refractivity contribution < 1.29 is 0 Å². The number of aromatic nitrogens is 4. The lowest BCUT2D eigenvalue weighted by Gasteiger charge is -2.31. The van der Waals surface area contributed by atoms with E-state index in [0.29, 0.717) is 5.92 Å². The average Bonchev–Trinajstić information content (AvgIpc) is 3.31. The van der Waals surface area contributed by atoms with Gasteiger partial charge in [-0.05, 0) is 25.9 Å². The number of hydrogen-bond acceptors (Lipinski definition) is 6. The molecular formula is C16H19N5S2. The number of piperidine rings is 1. The zero-order chi connectivity index (χ0) is 15.5. The number of nitrogens with zero attached hydrogens (tertiary/aromatic N) is 5. The lowest BCUT2D eigenvalue weighted by atomic mass is 9.96. The van der Waals surface area contributed by atoms with E-state index >= 15 is 0 Å². The van der Waals surface area contributed by atoms with Crippen molar-refractivity contribution in [1.82, 2.24) is 24.4 Å². The molecule has 4 heterocycles. The molecule has 0 saturated carbocycles. The molecule has 3 aromatic rings. The van der Waals surface area contributed by atoms with Crippen LogP contribution in [0, 0.1) is 0 Å². The van der Waals surface area contributed by atoms with E-state index in [1.54, 1.807) is 22.7 Å². The van der Waals surface area contributed by atoms with Crippen LogP contribution in [0.3, 0.4) is 0 Å². The number of hydrogen-bond donors (Lipinski definition) is 0. The molecule has 3 aromatic heterocycles. The molecule has 7 heteroatoms. The van der Waals surface area contributed by atoms with Crippen LogP contribution in [0.15, 0.2) is 34.9 Å². The highest BCUT2D eigenvalue weighted by Gasteiger charge is 2.24. The topological polar surface area (TPSA) is 46.8 Å². The smallest absolute Gasteiger partial charge is 0.112 e. The second-order valence-corrected chi connectivity index (χ2v) is 7.57. The number of likely N-dealkylation sites (tertiary alicyclic amines) is 1. The molecule has 1 aliphatic rings. The highest BCUT2D eigenvalue weighted by Crippen LogP contribution is 2.28. The van der Waals surface area contributed by atoms with E-state index in [-0.39, 0.29) is 0 Å². The van der Waals surface area contributed by atoms with Gasteiger partial charge in [0, 0.05) is 35.3 Å². The van der Waals surface area contributed by atoms with Crippen molar-refractivity contribution >= 4 is 22.7 Å². The predicted octanol–water partition coefficient (Wildman–Crippen LogP) is 3.22. The van der Waals surface area contributed by atoms with Crippen LogP contribution in [0.4, 0.5) is 0 Å². The van der Waals surface area contributed by atoms with Crippen LogP contribution < -0.4 is 0 Å². The Morgan fingerprint density at radius 2 is 2.00 bits per heavy atom. The van der Waals surface area contributed by atoms with Crippen LogP contribution in [0.2, 0.25) is 0 Å². The first kappa shape index (κ1) is 15.0. The first-order valence-electron chi connectivity index (χ1n) is 7.87. The van der Waals surface area contributed by atoms with Crippen molar-refractivity contribution in [2.24, 2.45) is 0 Å². The van der Waals surface area contributed by atoms with E-state index in [1.165, 1.54) is 23.7 Å². The van der Waals surface area contributed by atoms with E-state index in [2.05, 4.69) is 41.4 Å². The van der Waals surface area contributed by atoms with Crippen molar-refractivity contribution in [3.63, 3.8) is 0 Å². The summed E-state index contributed by atoms with van der Waals surface area (Å²) in [6.07, 6.45) is 8.22. The van der Waals surface area contributed by atoms with Crippen molar-refractivity contribution in [2.45, 2.75) is 31.8 Å². The molecule has 0 atom stereocenters. The second-order valence-electron chi connectivity index (χ2n) is 5.87. The SMILES string of the molecule is c1csc(CN2CCC(c3nccn3Cc3cscn3)CC2)n1. The van der Waals surface area contributed by atoms with Crippen LogP contribution in [-0.2, 0) is 13.1 Å². The quantitative estimate of drug-likeness (QED) is 0.712. The summed E-state index contributed by atoms with van der Waals surface area (Å²) >= 11 is 3.39. The minimum Gasteiger partial charge on any atom is -0.329 e. The largest absolute Gasteiger partial charge is 0.329 e. The number of thiazole rings is 2. The summed E-state index contributed by atoms with van der Waals surface area (Å²) < 4.78 is 2.26. The van der Waals surface area contributed by atoms with Gasteiger partial charge in [0.2, 0.25) is 0 Å². The van der Waals surface area contributed by atoms with Crippen LogP contribution in [0.1, 0.15) is 35.3 Å². The van der Waals surface area contributed by atoms with Gasteiger partial charge in [-0.1, -0.05) is 0 Å². The maximum Gasteiger partial charge on any atom is 0.112 e. The van der Waals surface area contributed by atoms with Gasteiger partial charge in [0.1, 0.15) is 10.8 Å². The van der Waals surface area contributed by atoms with E-state index in [4.69, 9.17) is 0 Å². The molecule has 5 nitrogen and oxygen atoms in total. The summed E-state index contributed by atoms with van der Waals surface area (Å²) in [4.78, 5) is 15.9. The third kappa shape index (κ3) is 3.52. The summed E-state index contributed by atoms with van der Waals surface area (Å²) in [5.41, 5.74) is 3.01. The molecule has 0 N–H and O–H groups in total. The van der Waals surface area contributed by atoms with Crippen LogP contribution in [0.5, 0.6) is 0 Å². The molecule has 1 aliphatic heterocycles. The number of imidazole rings is 1. The molecule has 1 saturated heterocycles. The third-order valence-corrected chi connectivity index (χ3v) is 5.76. The molecule has 0 aliphatic carbocycles. The van der Waals surface area contributed by atoms with Gasteiger partial charge in [0.25, 0.3) is 0 Å². The van der Waals surface area contributed by atoms with Crippen molar-refractivity contribution in [2.75, 3.05) is 13.1 Å². The van der Waals surface area contributed by atoms with Gasteiger partial charge >= 0.3 is 0 Å². The summed E-state index contributed by atoms with van der Waals surface area (Å²) in [7, 11) is 0. The normalized spacial score (nSPS) is 16.9. The van der Waals surface area contributed by atoms with E-state index in [1.807, 2.05) is 17.9 Å². The molecule has 120 valence electrons. The van der Waals surface area contributed by atoms with E-state index < -0.39 is 0 Å². The summed E-state index contributed by atoms with van der Waals surface area (Å²) in [5, 5.41) is 5.38. The fourth-order valence-electron chi connectivity index (χ4n) is 3.18. The minimum absolute atomic E-state index is 0.552. The first-order valence-corrected chi connectivity index (χ1v) is 9.69. The molecule has 0 unspecified atom stereocenters. The van der Waals surface area contributed by atoms with E-state index in [9.17, 15) is 0 Å². The van der Waals surface area contributed by atoms with Crippen LogP contribution in [-0.4, -0.2) is 37.5 Å². The molecule has 0 bridgehead atoms. The van der Waals surface area contributed by atoms with Gasteiger partial charge in [0.05, 0.1) is 24.3 Å². The Balaban J connectivity index is 1.38. The number of rotatable bonds is 5. The maximum absolute atomic E-state index is 4.63. The lowest BCUT2D eigenvalue weighted by Crippen LogP contribution is -2.33. The van der Waals surface area contributed by atoms with Gasteiger partial charge in [-0.2, -0.15) is 0 Å². The monoisotopic (exact) mass is 345 g/mol. The fourth-order valence-corrected chi connectivity index (χ4v) is 4.38. The molecular weight excluding hydrogens is 326 g/mol. The average molecular weight is 345 g/mol. The Labute approximate surface area is 143 Å².